The molecule has 2 N–H and O–H groups in total. The zero-order valence-electron chi connectivity index (χ0n) is 14.4. The summed E-state index contributed by atoms with van der Waals surface area (Å²) in [6.07, 6.45) is 0. The Morgan fingerprint density at radius 3 is 2.71 bits per heavy atom. The number of nitrogens with zero attached hydrogens (tertiary/aromatic N) is 3. The number of amides is 2. The Kier molecular flexibility index (Phi) is 5.23. The zero-order chi connectivity index (χ0) is 17.9. The molecule has 1 aromatic heterocycles. The summed E-state index contributed by atoms with van der Waals surface area (Å²) < 4.78 is 14.9. The third-order valence-corrected chi connectivity index (χ3v) is 3.42. The van der Waals surface area contributed by atoms with Gasteiger partial charge in [-0.25, -0.2) is 13.9 Å². The second-order valence-corrected chi connectivity index (χ2v) is 6.32. The summed E-state index contributed by atoms with van der Waals surface area (Å²) in [6.45, 7) is 7.61. The fraction of sp³-hybridized carbons (Fsp3) is 0.412. The highest BCUT2D eigenvalue weighted by atomic mass is 19.1. The largest absolute Gasteiger partial charge is 0.389 e. The molecule has 0 unspecified atom stereocenters. The molecule has 0 saturated heterocycles. The van der Waals surface area contributed by atoms with Crippen molar-refractivity contribution in [2.24, 2.45) is 0 Å². The number of hydrogen-bond donors (Lipinski definition) is 2. The molecule has 1 heterocycles. The van der Waals surface area contributed by atoms with E-state index in [-0.39, 0.29) is 18.4 Å². The van der Waals surface area contributed by atoms with Gasteiger partial charge in [0, 0.05) is 18.3 Å². The van der Waals surface area contributed by atoms with Crippen molar-refractivity contribution in [2.75, 3.05) is 18.4 Å². The molecular formula is C17H23FN4O2. The molecule has 130 valence electrons. The van der Waals surface area contributed by atoms with Crippen LogP contribution in [-0.4, -0.2) is 44.5 Å². The monoisotopic (exact) mass is 334 g/mol. The van der Waals surface area contributed by atoms with E-state index in [1.165, 1.54) is 17.0 Å². The van der Waals surface area contributed by atoms with Crippen molar-refractivity contribution >= 4 is 11.8 Å². The number of likely N-dealkylation sites (N-methyl/N-ethyl adjacent to an activating group) is 1. The van der Waals surface area contributed by atoms with Crippen LogP contribution in [-0.2, 0) is 0 Å². The van der Waals surface area contributed by atoms with Gasteiger partial charge in [0.1, 0.15) is 5.82 Å². The minimum absolute atomic E-state index is 0.207. The Hall–Kier alpha value is -2.41. The quantitative estimate of drug-likeness (QED) is 0.883. The summed E-state index contributed by atoms with van der Waals surface area (Å²) in [5.41, 5.74) is 0.364. The van der Waals surface area contributed by atoms with Crippen LogP contribution in [0.4, 0.5) is 15.0 Å². The van der Waals surface area contributed by atoms with Crippen LogP contribution in [0.3, 0.4) is 0 Å². The van der Waals surface area contributed by atoms with Gasteiger partial charge in [0.25, 0.3) is 0 Å². The maximum Gasteiger partial charge on any atom is 0.323 e. The van der Waals surface area contributed by atoms with Gasteiger partial charge in [-0.1, -0.05) is 6.07 Å². The highest BCUT2D eigenvalue weighted by molar-refractivity contribution is 5.88. The molecular weight excluding hydrogens is 311 g/mol. The second kappa shape index (κ2) is 7.00. The second-order valence-electron chi connectivity index (χ2n) is 6.32. The number of halogens is 1. The third kappa shape index (κ3) is 4.55. The van der Waals surface area contributed by atoms with E-state index >= 15 is 0 Å². The van der Waals surface area contributed by atoms with Crippen molar-refractivity contribution in [3.05, 3.63) is 41.8 Å². The number of carbonyl (C=O) groups excluding carboxylic acids is 1. The van der Waals surface area contributed by atoms with Crippen molar-refractivity contribution in [1.82, 2.24) is 14.7 Å². The maximum atomic E-state index is 13.4. The first kappa shape index (κ1) is 17.9. The van der Waals surface area contributed by atoms with E-state index in [0.717, 1.165) is 5.69 Å². The molecule has 2 aromatic rings. The summed E-state index contributed by atoms with van der Waals surface area (Å²) >= 11 is 0. The van der Waals surface area contributed by atoms with Crippen LogP contribution in [0, 0.1) is 12.7 Å². The first-order chi connectivity index (χ1) is 11.2. The molecule has 7 heteroatoms. The predicted molar refractivity (Wildman–Crippen MR) is 90.8 cm³/mol. The van der Waals surface area contributed by atoms with E-state index in [2.05, 4.69) is 10.4 Å². The smallest absolute Gasteiger partial charge is 0.323 e. The summed E-state index contributed by atoms with van der Waals surface area (Å²) in [7, 11) is 0. The summed E-state index contributed by atoms with van der Waals surface area (Å²) in [5, 5.41) is 16.9. The van der Waals surface area contributed by atoms with E-state index in [1.807, 2.05) is 13.8 Å². The van der Waals surface area contributed by atoms with Crippen molar-refractivity contribution in [3.8, 4) is 5.69 Å². The lowest BCUT2D eigenvalue weighted by atomic mass is 10.1. The van der Waals surface area contributed by atoms with Crippen molar-refractivity contribution in [1.29, 1.82) is 0 Å². The molecule has 24 heavy (non-hydrogen) atoms. The Balaban J connectivity index is 2.16. The maximum absolute atomic E-state index is 13.4. The van der Waals surface area contributed by atoms with E-state index < -0.39 is 5.60 Å². The molecule has 0 aliphatic rings. The molecule has 0 radical (unpaired) electrons. The Morgan fingerprint density at radius 1 is 1.42 bits per heavy atom. The average molecular weight is 334 g/mol. The molecule has 2 rings (SSSR count). The lowest BCUT2D eigenvalue weighted by molar-refractivity contribution is 0.0501. The zero-order valence-corrected chi connectivity index (χ0v) is 14.4. The number of aryl methyl sites for hydroxylation is 1. The van der Waals surface area contributed by atoms with Crippen LogP contribution in [0.1, 0.15) is 26.5 Å². The Morgan fingerprint density at radius 2 is 2.12 bits per heavy atom. The van der Waals surface area contributed by atoms with Crippen LogP contribution in [0.25, 0.3) is 5.69 Å². The number of urea groups is 1. The van der Waals surface area contributed by atoms with Gasteiger partial charge in [-0.05, 0) is 45.9 Å². The number of aliphatic hydroxyl groups is 1. The summed E-state index contributed by atoms with van der Waals surface area (Å²) in [6, 6.07) is 7.44. The fourth-order valence-corrected chi connectivity index (χ4v) is 2.39. The molecule has 0 atom stereocenters. The number of carbonyl (C=O) groups is 1. The van der Waals surface area contributed by atoms with Crippen molar-refractivity contribution in [2.45, 2.75) is 33.3 Å². The fourth-order valence-electron chi connectivity index (χ4n) is 2.39. The number of rotatable bonds is 5. The Labute approximate surface area is 140 Å². The van der Waals surface area contributed by atoms with E-state index in [4.69, 9.17) is 0 Å². The highest BCUT2D eigenvalue weighted by Gasteiger charge is 2.22. The SMILES string of the molecule is CCN(CC(C)(C)O)C(=O)Nc1cc(C)n(-c2cccc(F)c2)n1. The van der Waals surface area contributed by atoms with Crippen LogP contribution in [0.5, 0.6) is 0 Å². The Bertz CT molecular complexity index is 722. The molecule has 0 saturated carbocycles. The van der Waals surface area contributed by atoms with Gasteiger partial charge in [0.2, 0.25) is 0 Å². The van der Waals surface area contributed by atoms with Gasteiger partial charge < -0.3 is 10.0 Å². The molecule has 0 spiro atoms. The van der Waals surface area contributed by atoms with Gasteiger partial charge in [-0.3, -0.25) is 5.32 Å². The van der Waals surface area contributed by atoms with Gasteiger partial charge in [-0.15, -0.1) is 5.10 Å². The molecule has 0 aliphatic carbocycles. The van der Waals surface area contributed by atoms with Gasteiger partial charge in [0.05, 0.1) is 17.8 Å². The number of nitrogens with one attached hydrogen (secondary N) is 1. The van der Waals surface area contributed by atoms with Gasteiger partial charge in [-0.2, -0.15) is 0 Å². The number of benzene rings is 1. The van der Waals surface area contributed by atoms with Gasteiger partial charge >= 0.3 is 6.03 Å². The van der Waals surface area contributed by atoms with Crippen LogP contribution in [0.15, 0.2) is 30.3 Å². The molecule has 2 amide bonds. The van der Waals surface area contributed by atoms with Crippen LogP contribution in [0.2, 0.25) is 0 Å². The number of anilines is 1. The minimum Gasteiger partial charge on any atom is -0.389 e. The average Bonchev–Trinajstić information content (AvgIpc) is 2.84. The van der Waals surface area contributed by atoms with E-state index in [0.29, 0.717) is 18.1 Å². The highest BCUT2D eigenvalue weighted by Crippen LogP contribution is 2.16. The van der Waals surface area contributed by atoms with E-state index in [1.54, 1.807) is 36.7 Å². The van der Waals surface area contributed by atoms with E-state index in [9.17, 15) is 14.3 Å². The van der Waals surface area contributed by atoms with Crippen molar-refractivity contribution < 1.29 is 14.3 Å². The number of aromatic nitrogens is 2. The van der Waals surface area contributed by atoms with Crippen molar-refractivity contribution in [3.63, 3.8) is 0 Å². The standard InChI is InChI=1S/C17H23FN4O2/c1-5-21(11-17(3,4)24)16(23)19-15-9-12(2)22(20-15)14-8-6-7-13(18)10-14/h6-10,24H,5,11H2,1-4H3,(H,19,20,23). The normalized spacial score (nSPS) is 11.4. The molecule has 6 nitrogen and oxygen atoms in total. The lowest BCUT2D eigenvalue weighted by Crippen LogP contribution is -2.44. The summed E-state index contributed by atoms with van der Waals surface area (Å²) in [4.78, 5) is 13.8. The number of hydrogen-bond acceptors (Lipinski definition) is 3. The minimum atomic E-state index is -0.982. The predicted octanol–water partition coefficient (Wildman–Crippen LogP) is 2.94. The summed E-state index contributed by atoms with van der Waals surface area (Å²) in [5.74, 6) is 0.0197. The first-order valence-electron chi connectivity index (χ1n) is 7.80. The van der Waals surface area contributed by atoms with Crippen LogP contribution < -0.4 is 5.32 Å². The molecule has 1 aromatic carbocycles. The van der Waals surface area contributed by atoms with Gasteiger partial charge in [0.15, 0.2) is 5.82 Å². The molecule has 0 bridgehead atoms. The lowest BCUT2D eigenvalue weighted by Gasteiger charge is -2.27. The van der Waals surface area contributed by atoms with Crippen LogP contribution >= 0.6 is 0 Å². The third-order valence-electron chi connectivity index (χ3n) is 3.42. The molecule has 0 aliphatic heterocycles. The molecule has 0 fully saturated rings. The topological polar surface area (TPSA) is 70.4 Å². The first-order valence-corrected chi connectivity index (χ1v) is 7.80.